The third-order valence-electron chi connectivity index (χ3n) is 5.70. The molecule has 5 nitrogen and oxygen atoms in total. The van der Waals surface area contributed by atoms with E-state index in [2.05, 4.69) is 19.1 Å². The van der Waals surface area contributed by atoms with Crippen LogP contribution in [0.5, 0.6) is 0 Å². The summed E-state index contributed by atoms with van der Waals surface area (Å²) in [5.41, 5.74) is 0. The third-order valence-corrected chi connectivity index (χ3v) is 5.70. The number of ether oxygens (including phenoxy) is 2. The third kappa shape index (κ3) is 12.7. The average Bonchev–Trinajstić information content (AvgIpc) is 3.10. The highest BCUT2D eigenvalue weighted by Crippen LogP contribution is 2.21. The minimum absolute atomic E-state index is 0.154. The highest BCUT2D eigenvalue weighted by Gasteiger charge is 2.40. The molecule has 5 heteroatoms. The van der Waals surface area contributed by atoms with E-state index in [9.17, 15) is 10.2 Å². The number of rotatable bonds is 19. The van der Waals surface area contributed by atoms with E-state index in [-0.39, 0.29) is 13.2 Å². The van der Waals surface area contributed by atoms with Gasteiger partial charge in [0.1, 0.15) is 24.4 Å². The van der Waals surface area contributed by atoms with Crippen LogP contribution in [0.15, 0.2) is 12.2 Å². The highest BCUT2D eigenvalue weighted by atomic mass is 16.6. The van der Waals surface area contributed by atoms with E-state index in [1.54, 1.807) is 0 Å². The molecule has 1 heterocycles. The number of unbranched alkanes of at least 4 members (excludes halogenated alkanes) is 12. The second-order valence-corrected chi connectivity index (χ2v) is 8.39. The van der Waals surface area contributed by atoms with Crippen molar-refractivity contribution in [3.05, 3.63) is 12.2 Å². The highest BCUT2D eigenvalue weighted by molar-refractivity contribution is 4.89. The van der Waals surface area contributed by atoms with E-state index in [4.69, 9.17) is 14.6 Å². The van der Waals surface area contributed by atoms with Crippen LogP contribution in [0.1, 0.15) is 96.8 Å². The van der Waals surface area contributed by atoms with Gasteiger partial charge in [-0.25, -0.2) is 0 Å². The fourth-order valence-corrected chi connectivity index (χ4v) is 3.83. The Balaban J connectivity index is 1.86. The lowest BCUT2D eigenvalue weighted by atomic mass is 10.1. The number of aliphatic hydroxyl groups excluding tert-OH is 3. The lowest BCUT2D eigenvalue weighted by Gasteiger charge is -2.23. The minimum atomic E-state index is -1.00. The molecule has 29 heavy (non-hydrogen) atoms. The summed E-state index contributed by atoms with van der Waals surface area (Å²) in [6.45, 7) is 2.59. The van der Waals surface area contributed by atoms with Gasteiger partial charge in [-0.05, 0) is 32.1 Å². The van der Waals surface area contributed by atoms with Crippen LogP contribution in [-0.2, 0) is 9.47 Å². The van der Waals surface area contributed by atoms with Crippen LogP contribution < -0.4 is 0 Å². The fourth-order valence-electron chi connectivity index (χ4n) is 3.83. The predicted octanol–water partition coefficient (Wildman–Crippen LogP) is 4.52. The molecule has 0 aliphatic carbocycles. The van der Waals surface area contributed by atoms with Crippen molar-refractivity contribution in [2.45, 2.75) is 121 Å². The van der Waals surface area contributed by atoms with Gasteiger partial charge in [-0.3, -0.25) is 0 Å². The molecular weight excluding hydrogens is 368 g/mol. The van der Waals surface area contributed by atoms with Crippen LogP contribution in [0.4, 0.5) is 0 Å². The second-order valence-electron chi connectivity index (χ2n) is 8.39. The fraction of sp³-hybridized carbons (Fsp3) is 0.917. The monoisotopic (exact) mass is 414 g/mol. The molecule has 0 amide bonds. The molecule has 0 aromatic rings. The predicted molar refractivity (Wildman–Crippen MR) is 118 cm³/mol. The summed E-state index contributed by atoms with van der Waals surface area (Å²) >= 11 is 0. The summed E-state index contributed by atoms with van der Waals surface area (Å²) in [7, 11) is 0. The zero-order valence-electron chi connectivity index (χ0n) is 18.6. The standard InChI is InChI=1S/C24H46O5/c1-2-3-4-5-6-7-8-9-10-11-12-13-14-15-16-17-18-28-24-22(27)20-29-23(24)21(26)19-25/h7-8,21-27H,2-6,9-20H2,1H3/b8-7+/t21-,22+,23+,24+/m1/s1. The molecule has 0 radical (unpaired) electrons. The maximum atomic E-state index is 9.89. The van der Waals surface area contributed by atoms with Crippen molar-refractivity contribution in [2.75, 3.05) is 19.8 Å². The SMILES string of the molecule is CCCCCC/C=C/CCCCCCCCCCO[C@@H]1[C@H]([C@H](O)CO)OC[C@@H]1O. The Labute approximate surface area is 178 Å². The quantitative estimate of drug-likeness (QED) is 0.214. The van der Waals surface area contributed by atoms with Gasteiger partial charge in [0.15, 0.2) is 0 Å². The topological polar surface area (TPSA) is 79.2 Å². The molecule has 172 valence electrons. The molecule has 0 saturated carbocycles. The Morgan fingerprint density at radius 2 is 1.45 bits per heavy atom. The van der Waals surface area contributed by atoms with Gasteiger partial charge in [0.05, 0.1) is 13.2 Å². The van der Waals surface area contributed by atoms with E-state index in [0.29, 0.717) is 6.61 Å². The smallest absolute Gasteiger partial charge is 0.114 e. The van der Waals surface area contributed by atoms with E-state index >= 15 is 0 Å². The van der Waals surface area contributed by atoms with Gasteiger partial charge in [0.2, 0.25) is 0 Å². The van der Waals surface area contributed by atoms with E-state index in [1.165, 1.54) is 77.0 Å². The van der Waals surface area contributed by atoms with Crippen LogP contribution in [0, 0.1) is 0 Å². The maximum Gasteiger partial charge on any atom is 0.114 e. The molecule has 4 atom stereocenters. The average molecular weight is 415 g/mol. The lowest BCUT2D eigenvalue weighted by Crippen LogP contribution is -2.42. The number of hydrogen-bond donors (Lipinski definition) is 3. The zero-order chi connectivity index (χ0) is 21.2. The largest absolute Gasteiger partial charge is 0.394 e. The van der Waals surface area contributed by atoms with Crippen molar-refractivity contribution in [1.29, 1.82) is 0 Å². The molecule has 1 saturated heterocycles. The Bertz CT molecular complexity index is 387. The van der Waals surface area contributed by atoms with Gasteiger partial charge < -0.3 is 24.8 Å². The summed E-state index contributed by atoms with van der Waals surface area (Å²) in [6, 6.07) is 0. The van der Waals surface area contributed by atoms with Crippen molar-refractivity contribution < 1.29 is 24.8 Å². The van der Waals surface area contributed by atoms with E-state index in [1.807, 2.05) is 0 Å². The zero-order valence-corrected chi connectivity index (χ0v) is 18.6. The van der Waals surface area contributed by atoms with Crippen molar-refractivity contribution in [1.82, 2.24) is 0 Å². The van der Waals surface area contributed by atoms with E-state index in [0.717, 1.165) is 12.8 Å². The number of allylic oxidation sites excluding steroid dienone is 2. The van der Waals surface area contributed by atoms with E-state index < -0.39 is 24.4 Å². The Hall–Kier alpha value is -0.460. The van der Waals surface area contributed by atoms with Crippen LogP contribution in [0.2, 0.25) is 0 Å². The summed E-state index contributed by atoms with van der Waals surface area (Å²) in [5.74, 6) is 0. The first-order valence-corrected chi connectivity index (χ1v) is 12.1. The molecule has 0 unspecified atom stereocenters. The van der Waals surface area contributed by atoms with Crippen LogP contribution in [0.3, 0.4) is 0 Å². The van der Waals surface area contributed by atoms with Crippen molar-refractivity contribution in [3.63, 3.8) is 0 Å². The van der Waals surface area contributed by atoms with Crippen molar-refractivity contribution >= 4 is 0 Å². The Morgan fingerprint density at radius 3 is 2.03 bits per heavy atom. The first-order valence-electron chi connectivity index (χ1n) is 12.1. The summed E-state index contributed by atoms with van der Waals surface area (Å²) < 4.78 is 11.0. The normalized spacial score (nSPS) is 23.2. The maximum absolute atomic E-state index is 9.89. The Morgan fingerprint density at radius 1 is 0.897 bits per heavy atom. The summed E-state index contributed by atoms with van der Waals surface area (Å²) in [5, 5.41) is 28.7. The molecule has 0 aromatic heterocycles. The van der Waals surface area contributed by atoms with Gasteiger partial charge in [0, 0.05) is 6.61 Å². The molecule has 0 bridgehead atoms. The summed E-state index contributed by atoms with van der Waals surface area (Å²) in [6.07, 6.45) is 19.5. The molecule has 3 N–H and O–H groups in total. The van der Waals surface area contributed by atoms with Gasteiger partial charge in [-0.2, -0.15) is 0 Å². The molecule has 1 fully saturated rings. The molecule has 0 aromatic carbocycles. The molecule has 1 aliphatic heterocycles. The first kappa shape index (κ1) is 26.6. The second kappa shape index (κ2) is 18.3. The minimum Gasteiger partial charge on any atom is -0.394 e. The van der Waals surface area contributed by atoms with Gasteiger partial charge in [-0.1, -0.05) is 76.9 Å². The van der Waals surface area contributed by atoms with Gasteiger partial charge in [-0.15, -0.1) is 0 Å². The number of aliphatic hydroxyl groups is 3. The first-order chi connectivity index (χ1) is 14.2. The van der Waals surface area contributed by atoms with Gasteiger partial charge >= 0.3 is 0 Å². The summed E-state index contributed by atoms with van der Waals surface area (Å²) in [4.78, 5) is 0. The Kier molecular flexibility index (Phi) is 16.8. The molecule has 1 aliphatic rings. The number of hydrogen-bond acceptors (Lipinski definition) is 5. The van der Waals surface area contributed by atoms with Crippen molar-refractivity contribution in [2.24, 2.45) is 0 Å². The lowest BCUT2D eigenvalue weighted by molar-refractivity contribution is -0.0938. The molecule has 1 rings (SSSR count). The van der Waals surface area contributed by atoms with Crippen LogP contribution in [-0.4, -0.2) is 59.6 Å². The van der Waals surface area contributed by atoms with Crippen LogP contribution >= 0.6 is 0 Å². The van der Waals surface area contributed by atoms with Gasteiger partial charge in [0.25, 0.3) is 0 Å². The van der Waals surface area contributed by atoms with Crippen LogP contribution in [0.25, 0.3) is 0 Å². The van der Waals surface area contributed by atoms with Crippen molar-refractivity contribution in [3.8, 4) is 0 Å². The molecular formula is C24H46O5. The molecule has 0 spiro atoms.